The fraction of sp³-hybridized carbons (Fsp3) is 0.400. The Balaban J connectivity index is 2.53. The summed E-state index contributed by atoms with van der Waals surface area (Å²) in [5.41, 5.74) is 0.785. The summed E-state index contributed by atoms with van der Waals surface area (Å²) in [6, 6.07) is 0. The summed E-state index contributed by atoms with van der Waals surface area (Å²) in [6.07, 6.45) is 2.05. The van der Waals surface area contributed by atoms with Crippen LogP contribution in [0, 0.1) is 23.7 Å². The van der Waals surface area contributed by atoms with Crippen molar-refractivity contribution in [3.8, 4) is 0 Å². The third-order valence-corrected chi connectivity index (χ3v) is 3.37. The number of hydrogen-bond donors (Lipinski definition) is 0. The number of rotatable bonds is 3. The largest absolute Gasteiger partial charge is 0.300 e. The van der Waals surface area contributed by atoms with Crippen LogP contribution in [0.4, 0.5) is 0 Å². The lowest BCUT2D eigenvalue weighted by Gasteiger charge is -2.13. The molecule has 0 unspecified atom stereocenters. The molecule has 69 valence electrons. The van der Waals surface area contributed by atoms with E-state index in [-0.39, 0.29) is 18.0 Å². The van der Waals surface area contributed by atoms with Crippen LogP contribution in [0.3, 0.4) is 0 Å². The van der Waals surface area contributed by atoms with Gasteiger partial charge in [-0.3, -0.25) is 9.59 Å². The van der Waals surface area contributed by atoms with Crippen molar-refractivity contribution in [1.82, 2.24) is 0 Å². The number of Topliss-reactive ketones (excluding diaryl/α,β-unsaturated/α-hetero) is 2. The van der Waals surface area contributed by atoms with Gasteiger partial charge in [-0.05, 0) is 24.9 Å². The van der Waals surface area contributed by atoms with E-state index < -0.39 is 0 Å². The zero-order valence-electron chi connectivity index (χ0n) is 8.05. The van der Waals surface area contributed by atoms with E-state index in [9.17, 15) is 9.59 Å². The van der Waals surface area contributed by atoms with Crippen molar-refractivity contribution in [3.63, 3.8) is 0 Å². The van der Waals surface area contributed by atoms with Crippen LogP contribution >= 0.6 is 8.58 Å². The highest BCUT2D eigenvalue weighted by Gasteiger charge is 2.37. The van der Waals surface area contributed by atoms with Gasteiger partial charge < -0.3 is 0 Å². The molecule has 1 aliphatic rings. The fourth-order valence-electron chi connectivity index (χ4n) is 1.13. The molecule has 1 rings (SSSR count). The third kappa shape index (κ3) is 2.60. The third-order valence-electron chi connectivity index (χ3n) is 2.01. The van der Waals surface area contributed by atoms with Gasteiger partial charge in [0.2, 0.25) is 0 Å². The molecule has 0 amide bonds. The Hall–Kier alpha value is -0.230. The maximum atomic E-state index is 11.5. The van der Waals surface area contributed by atoms with Gasteiger partial charge in [0, 0.05) is 0 Å². The highest BCUT2D eigenvalue weighted by Crippen LogP contribution is 2.53. The van der Waals surface area contributed by atoms with E-state index in [1.54, 1.807) is 0 Å². The van der Waals surface area contributed by atoms with Gasteiger partial charge in [0.15, 0.2) is 5.78 Å². The van der Waals surface area contributed by atoms with Crippen molar-refractivity contribution in [2.24, 2.45) is 0 Å². The minimum atomic E-state index is -0.0648. The molecule has 0 N–H and O–H groups in total. The number of hydrogen-bond acceptors (Lipinski definition) is 2. The predicted molar refractivity (Wildman–Crippen MR) is 52.6 cm³/mol. The Bertz CT molecular complexity index is 225. The SMILES string of the molecule is C[C]1[CH][P][C](C(=O)CC(C)=O)[C]1C. The maximum absolute atomic E-state index is 11.5. The average molecular weight is 195 g/mol. The molecule has 1 aliphatic heterocycles. The van der Waals surface area contributed by atoms with Crippen molar-refractivity contribution in [2.45, 2.75) is 27.2 Å². The molecule has 13 heavy (non-hydrogen) atoms. The van der Waals surface area contributed by atoms with E-state index in [0.717, 1.165) is 26.1 Å². The molecule has 0 spiro atoms. The number of carbonyl (C=O) groups is 2. The summed E-state index contributed by atoms with van der Waals surface area (Å²) in [7, 11) is 0.940. The lowest BCUT2D eigenvalue weighted by atomic mass is 9.91. The second-order valence-corrected chi connectivity index (χ2v) is 4.18. The summed E-state index contributed by atoms with van der Waals surface area (Å²) in [4.78, 5) is 22.2. The van der Waals surface area contributed by atoms with Gasteiger partial charge >= 0.3 is 0 Å². The first-order chi connectivity index (χ1) is 6.02. The molecule has 1 fully saturated rings. The van der Waals surface area contributed by atoms with Gasteiger partial charge in [0.05, 0.1) is 12.1 Å². The molecule has 3 heteroatoms. The minimum Gasteiger partial charge on any atom is -0.300 e. The Kier molecular flexibility index (Phi) is 3.61. The van der Waals surface area contributed by atoms with E-state index in [1.165, 1.54) is 6.92 Å². The summed E-state index contributed by atoms with van der Waals surface area (Å²) in [5, 5.41) is 0. The van der Waals surface area contributed by atoms with Gasteiger partial charge in [0.25, 0.3) is 0 Å². The number of carbonyl (C=O) groups excluding carboxylic acids is 2. The van der Waals surface area contributed by atoms with Crippen LogP contribution in [0.25, 0.3) is 0 Å². The molecule has 1 heterocycles. The number of ketones is 2. The second-order valence-electron chi connectivity index (χ2n) is 3.22. The van der Waals surface area contributed by atoms with E-state index in [4.69, 9.17) is 0 Å². The topological polar surface area (TPSA) is 34.1 Å². The first kappa shape index (κ1) is 10.8. The Morgan fingerprint density at radius 1 is 1.38 bits per heavy atom. The highest BCUT2D eigenvalue weighted by molar-refractivity contribution is 7.47. The normalized spacial score (nSPS) is 22.7. The lowest BCUT2D eigenvalue weighted by molar-refractivity contribution is -0.124. The molecule has 5 radical (unpaired) electrons. The van der Waals surface area contributed by atoms with Crippen LogP contribution < -0.4 is 0 Å². The summed E-state index contributed by atoms with van der Waals surface area (Å²) < 4.78 is 0. The average Bonchev–Trinajstić information content (AvgIpc) is 2.31. The molecule has 0 bridgehead atoms. The summed E-state index contributed by atoms with van der Waals surface area (Å²) in [5.74, 6) is 2.09. The van der Waals surface area contributed by atoms with Gasteiger partial charge in [-0.15, -0.1) is 0 Å². The second kappa shape index (κ2) is 4.32. The summed E-state index contributed by atoms with van der Waals surface area (Å²) >= 11 is 0. The molecule has 0 saturated carbocycles. The van der Waals surface area contributed by atoms with Crippen molar-refractivity contribution >= 4 is 20.1 Å². The van der Waals surface area contributed by atoms with Crippen LogP contribution in [0.2, 0.25) is 0 Å². The first-order valence-corrected chi connectivity index (χ1v) is 5.10. The fourth-order valence-corrected chi connectivity index (χ4v) is 2.24. The smallest absolute Gasteiger partial charge is 0.152 e. The van der Waals surface area contributed by atoms with Gasteiger partial charge in [-0.2, -0.15) is 0 Å². The molecular weight excluding hydrogens is 183 g/mol. The van der Waals surface area contributed by atoms with Crippen LogP contribution in [-0.4, -0.2) is 11.6 Å². The molecule has 0 atom stereocenters. The van der Waals surface area contributed by atoms with Crippen LogP contribution in [0.15, 0.2) is 0 Å². The monoisotopic (exact) mass is 195 g/mol. The van der Waals surface area contributed by atoms with E-state index in [0.29, 0.717) is 0 Å². The van der Waals surface area contributed by atoms with Crippen molar-refractivity contribution in [2.75, 3.05) is 0 Å². The minimum absolute atomic E-state index is 0.0280. The van der Waals surface area contributed by atoms with Gasteiger partial charge in [-0.1, -0.05) is 22.4 Å². The first-order valence-electron chi connectivity index (χ1n) is 4.14. The predicted octanol–water partition coefficient (Wildman–Crippen LogP) is 2.38. The van der Waals surface area contributed by atoms with Gasteiger partial charge in [0.1, 0.15) is 5.78 Å². The zero-order valence-corrected chi connectivity index (χ0v) is 8.94. The van der Waals surface area contributed by atoms with Gasteiger partial charge in [-0.25, -0.2) is 0 Å². The Labute approximate surface area is 81.3 Å². The lowest BCUT2D eigenvalue weighted by Crippen LogP contribution is -2.15. The van der Waals surface area contributed by atoms with Crippen molar-refractivity contribution < 1.29 is 9.59 Å². The zero-order chi connectivity index (χ0) is 10.0. The molecule has 0 aromatic rings. The van der Waals surface area contributed by atoms with Crippen LogP contribution in [-0.2, 0) is 9.59 Å². The molecule has 0 aliphatic carbocycles. The van der Waals surface area contributed by atoms with Crippen LogP contribution in [0.5, 0.6) is 0 Å². The Morgan fingerprint density at radius 2 is 2.00 bits per heavy atom. The summed E-state index contributed by atoms with van der Waals surface area (Å²) in [6.45, 7) is 5.36. The van der Waals surface area contributed by atoms with E-state index >= 15 is 0 Å². The highest BCUT2D eigenvalue weighted by atomic mass is 31.1. The van der Waals surface area contributed by atoms with E-state index in [1.807, 2.05) is 20.0 Å². The quantitative estimate of drug-likeness (QED) is 0.511. The maximum Gasteiger partial charge on any atom is 0.152 e. The van der Waals surface area contributed by atoms with Crippen molar-refractivity contribution in [1.29, 1.82) is 0 Å². The molecule has 2 nitrogen and oxygen atoms in total. The molecular formula is C10H12O2P. The molecule has 0 aromatic carbocycles. The van der Waals surface area contributed by atoms with Crippen LogP contribution in [0.1, 0.15) is 27.2 Å². The molecule has 1 saturated heterocycles. The van der Waals surface area contributed by atoms with E-state index in [2.05, 4.69) is 0 Å². The van der Waals surface area contributed by atoms with Crippen molar-refractivity contribution in [3.05, 3.63) is 23.7 Å². The standard InChI is InChI=1S/C10H12O2P/c1-6-5-13-10(8(6)3)9(12)4-7(2)11/h5H,4H2,1-3H3. The molecule has 0 aromatic heterocycles. The Morgan fingerprint density at radius 3 is 2.38 bits per heavy atom.